The second kappa shape index (κ2) is 9.18. The predicted molar refractivity (Wildman–Crippen MR) is 82.8 cm³/mol. The molecule has 0 aliphatic rings. The summed E-state index contributed by atoms with van der Waals surface area (Å²) in [6.45, 7) is 6.60. The number of esters is 1. The van der Waals surface area contributed by atoms with Crippen molar-refractivity contribution >= 4 is 11.9 Å². The van der Waals surface area contributed by atoms with Gasteiger partial charge in [0.15, 0.2) is 0 Å². The number of nitrogens with zero attached hydrogens (tertiary/aromatic N) is 1. The first-order valence-electron chi connectivity index (χ1n) is 7.63. The number of ether oxygens (including phenoxy) is 1. The van der Waals surface area contributed by atoms with Crippen LogP contribution in [0.2, 0.25) is 0 Å². The van der Waals surface area contributed by atoms with Crippen molar-refractivity contribution in [3.05, 3.63) is 35.6 Å². The minimum Gasteiger partial charge on any atom is -0.466 e. The summed E-state index contributed by atoms with van der Waals surface area (Å²) in [6, 6.07) is 6.22. The van der Waals surface area contributed by atoms with Gasteiger partial charge in [0.05, 0.1) is 13.0 Å². The Hall–Kier alpha value is -1.91. The number of carbonyl (C=O) groups excluding carboxylic acids is 2. The average molecular weight is 309 g/mol. The molecule has 0 heterocycles. The van der Waals surface area contributed by atoms with Gasteiger partial charge in [-0.25, -0.2) is 4.39 Å². The van der Waals surface area contributed by atoms with Gasteiger partial charge >= 0.3 is 5.97 Å². The van der Waals surface area contributed by atoms with Gasteiger partial charge in [-0.1, -0.05) is 26.0 Å². The van der Waals surface area contributed by atoms with E-state index in [1.807, 2.05) is 13.8 Å². The molecule has 0 aromatic heterocycles. The van der Waals surface area contributed by atoms with Crippen molar-refractivity contribution in [3.63, 3.8) is 0 Å². The van der Waals surface area contributed by atoms with E-state index in [4.69, 9.17) is 4.74 Å². The summed E-state index contributed by atoms with van der Waals surface area (Å²) in [7, 11) is 0. The van der Waals surface area contributed by atoms with Crippen molar-refractivity contribution in [1.29, 1.82) is 0 Å². The first-order valence-corrected chi connectivity index (χ1v) is 7.63. The summed E-state index contributed by atoms with van der Waals surface area (Å²) in [4.78, 5) is 25.3. The maximum absolute atomic E-state index is 12.9. The zero-order valence-electron chi connectivity index (χ0n) is 13.5. The number of amides is 1. The summed E-state index contributed by atoms with van der Waals surface area (Å²) in [5.74, 6) is -0.700. The lowest BCUT2D eigenvalue weighted by Crippen LogP contribution is -2.37. The fraction of sp³-hybridized carbons (Fsp3) is 0.529. The van der Waals surface area contributed by atoms with Crippen LogP contribution in [-0.2, 0) is 20.7 Å². The van der Waals surface area contributed by atoms with E-state index >= 15 is 0 Å². The SMILES string of the molecule is CCOC(=O)CCN(CCc1ccc(F)cc1)C(=O)C(C)C. The van der Waals surface area contributed by atoms with Crippen LogP contribution in [0.25, 0.3) is 0 Å². The largest absolute Gasteiger partial charge is 0.466 e. The van der Waals surface area contributed by atoms with E-state index in [0.29, 0.717) is 26.1 Å². The van der Waals surface area contributed by atoms with Gasteiger partial charge in [0.25, 0.3) is 0 Å². The molecule has 0 saturated heterocycles. The molecule has 0 N–H and O–H groups in total. The highest BCUT2D eigenvalue weighted by atomic mass is 19.1. The molecule has 0 bridgehead atoms. The third-order valence-corrected chi connectivity index (χ3v) is 3.28. The van der Waals surface area contributed by atoms with E-state index in [1.54, 1.807) is 24.0 Å². The first-order chi connectivity index (χ1) is 10.4. The zero-order chi connectivity index (χ0) is 16.5. The molecule has 0 saturated carbocycles. The highest BCUT2D eigenvalue weighted by Crippen LogP contribution is 2.08. The fourth-order valence-electron chi connectivity index (χ4n) is 2.07. The molecule has 0 atom stereocenters. The number of carbonyl (C=O) groups is 2. The summed E-state index contributed by atoms with van der Waals surface area (Å²) in [5, 5.41) is 0. The highest BCUT2D eigenvalue weighted by Gasteiger charge is 2.18. The maximum Gasteiger partial charge on any atom is 0.307 e. The van der Waals surface area contributed by atoms with Gasteiger partial charge in [-0.3, -0.25) is 9.59 Å². The van der Waals surface area contributed by atoms with Crippen molar-refractivity contribution in [2.24, 2.45) is 5.92 Å². The smallest absolute Gasteiger partial charge is 0.307 e. The standard InChI is InChI=1S/C17H24FNO3/c1-4-22-16(20)10-12-19(17(21)13(2)3)11-9-14-5-7-15(18)8-6-14/h5-8,13H,4,9-12H2,1-3H3. The average Bonchev–Trinajstić information content (AvgIpc) is 2.48. The van der Waals surface area contributed by atoms with E-state index in [0.717, 1.165) is 5.56 Å². The van der Waals surface area contributed by atoms with Crippen LogP contribution in [0, 0.1) is 11.7 Å². The Morgan fingerprint density at radius 1 is 1.18 bits per heavy atom. The number of hydrogen-bond donors (Lipinski definition) is 0. The van der Waals surface area contributed by atoms with Crippen LogP contribution in [0.4, 0.5) is 4.39 Å². The molecule has 1 aromatic rings. The second-order valence-electron chi connectivity index (χ2n) is 5.41. The lowest BCUT2D eigenvalue weighted by atomic mass is 10.1. The number of benzene rings is 1. The first kappa shape index (κ1) is 18.1. The van der Waals surface area contributed by atoms with Crippen LogP contribution in [0.3, 0.4) is 0 Å². The van der Waals surface area contributed by atoms with E-state index in [2.05, 4.69) is 0 Å². The summed E-state index contributed by atoms with van der Waals surface area (Å²) in [6.07, 6.45) is 0.817. The lowest BCUT2D eigenvalue weighted by Gasteiger charge is -2.24. The Kier molecular flexibility index (Phi) is 7.57. The number of halogens is 1. The third kappa shape index (κ3) is 6.24. The van der Waals surface area contributed by atoms with Gasteiger partial charge in [-0.2, -0.15) is 0 Å². The monoisotopic (exact) mass is 309 g/mol. The van der Waals surface area contributed by atoms with Crippen LogP contribution in [0.15, 0.2) is 24.3 Å². The van der Waals surface area contributed by atoms with Crippen LogP contribution in [0.1, 0.15) is 32.8 Å². The minimum absolute atomic E-state index is 0.00594. The summed E-state index contributed by atoms with van der Waals surface area (Å²) < 4.78 is 17.8. The van der Waals surface area contributed by atoms with E-state index in [9.17, 15) is 14.0 Å². The molecule has 0 spiro atoms. The van der Waals surface area contributed by atoms with Crippen LogP contribution in [0.5, 0.6) is 0 Å². The molecule has 0 unspecified atom stereocenters. The van der Waals surface area contributed by atoms with E-state index in [1.165, 1.54) is 12.1 Å². The lowest BCUT2D eigenvalue weighted by molar-refractivity contribution is -0.144. The van der Waals surface area contributed by atoms with Gasteiger partial charge in [0, 0.05) is 19.0 Å². The van der Waals surface area contributed by atoms with Crippen LogP contribution < -0.4 is 0 Å². The Bertz CT molecular complexity index is 485. The van der Waals surface area contributed by atoms with Crippen LogP contribution >= 0.6 is 0 Å². The zero-order valence-corrected chi connectivity index (χ0v) is 13.5. The molecule has 0 aliphatic heterocycles. The van der Waals surface area contributed by atoms with Gasteiger partial charge in [0.2, 0.25) is 5.91 Å². The molecule has 22 heavy (non-hydrogen) atoms. The number of hydrogen-bond acceptors (Lipinski definition) is 3. The summed E-state index contributed by atoms with van der Waals surface area (Å²) >= 11 is 0. The van der Waals surface area contributed by atoms with Crippen molar-refractivity contribution in [3.8, 4) is 0 Å². The molecule has 4 nitrogen and oxygen atoms in total. The molecule has 0 aliphatic carbocycles. The Labute approximate surface area is 131 Å². The van der Waals surface area contributed by atoms with Crippen molar-refractivity contribution in [1.82, 2.24) is 4.90 Å². The maximum atomic E-state index is 12.9. The van der Waals surface area contributed by atoms with Gasteiger partial charge < -0.3 is 9.64 Å². The van der Waals surface area contributed by atoms with E-state index < -0.39 is 0 Å². The van der Waals surface area contributed by atoms with Gasteiger partial charge in [0.1, 0.15) is 5.82 Å². The normalized spacial score (nSPS) is 10.6. The molecule has 0 fully saturated rings. The predicted octanol–water partition coefficient (Wildman–Crippen LogP) is 2.81. The van der Waals surface area contributed by atoms with Gasteiger partial charge in [-0.15, -0.1) is 0 Å². The molecular weight excluding hydrogens is 285 g/mol. The third-order valence-electron chi connectivity index (χ3n) is 3.28. The van der Waals surface area contributed by atoms with Crippen molar-refractivity contribution < 1.29 is 18.7 Å². The molecular formula is C17H24FNO3. The summed E-state index contributed by atoms with van der Waals surface area (Å²) in [5.41, 5.74) is 0.957. The second-order valence-corrected chi connectivity index (χ2v) is 5.41. The quantitative estimate of drug-likeness (QED) is 0.694. The fourth-order valence-corrected chi connectivity index (χ4v) is 2.07. The Morgan fingerprint density at radius 2 is 1.82 bits per heavy atom. The molecule has 1 aromatic carbocycles. The highest BCUT2D eigenvalue weighted by molar-refractivity contribution is 5.79. The van der Waals surface area contributed by atoms with Crippen molar-refractivity contribution in [2.75, 3.05) is 19.7 Å². The molecule has 1 rings (SSSR count). The van der Waals surface area contributed by atoms with Gasteiger partial charge in [-0.05, 0) is 31.0 Å². The topological polar surface area (TPSA) is 46.6 Å². The molecule has 0 radical (unpaired) electrons. The molecule has 1 amide bonds. The van der Waals surface area contributed by atoms with E-state index in [-0.39, 0.29) is 30.0 Å². The van der Waals surface area contributed by atoms with Crippen LogP contribution in [-0.4, -0.2) is 36.5 Å². The number of rotatable bonds is 8. The minimum atomic E-state index is -0.300. The molecule has 122 valence electrons. The van der Waals surface area contributed by atoms with Crippen molar-refractivity contribution in [2.45, 2.75) is 33.6 Å². The molecule has 5 heteroatoms. The Morgan fingerprint density at radius 3 is 2.36 bits per heavy atom. The Balaban J connectivity index is 2.59.